The van der Waals surface area contributed by atoms with Gasteiger partial charge in [0.15, 0.2) is 12.4 Å². The maximum absolute atomic E-state index is 12.2. The minimum Gasteiger partial charge on any atom is -0.482 e. The number of Topliss-reactive ketones (excluding diaryl/α,β-unsaturated/α-hetero) is 1. The third kappa shape index (κ3) is 6.04. The number of rotatable bonds is 9. The molecular weight excluding hydrogens is 342 g/mol. The highest BCUT2D eigenvalue weighted by atomic mass is 32.1. The van der Waals surface area contributed by atoms with Crippen LogP contribution < -0.4 is 4.74 Å². The lowest BCUT2D eigenvalue weighted by Gasteiger charge is -2.17. The number of thiophene rings is 1. The van der Waals surface area contributed by atoms with E-state index in [9.17, 15) is 14.4 Å². The Morgan fingerprint density at radius 1 is 1.12 bits per heavy atom. The van der Waals surface area contributed by atoms with E-state index in [1.807, 2.05) is 11.4 Å². The maximum Gasteiger partial charge on any atom is 0.341 e. The van der Waals surface area contributed by atoms with Gasteiger partial charge in [-0.3, -0.25) is 9.59 Å². The molecule has 0 aliphatic heterocycles. The zero-order valence-electron chi connectivity index (χ0n) is 13.8. The van der Waals surface area contributed by atoms with Crippen molar-refractivity contribution in [2.75, 3.05) is 13.7 Å². The van der Waals surface area contributed by atoms with E-state index in [1.165, 1.54) is 11.3 Å². The average molecular weight is 361 g/mol. The molecule has 1 heterocycles. The van der Waals surface area contributed by atoms with Gasteiger partial charge in [-0.2, -0.15) is 0 Å². The highest BCUT2D eigenvalue weighted by molar-refractivity contribution is 7.12. The second-order valence-corrected chi connectivity index (χ2v) is 6.42. The monoisotopic (exact) mass is 361 g/mol. The minimum atomic E-state index is -1.04. The largest absolute Gasteiger partial charge is 0.482 e. The molecule has 0 radical (unpaired) electrons. The standard InChI is InChI=1S/C18H19NO5S/c1-19(17(21)9-8-15(20)16-3-2-10-25-16)11-13-4-6-14(7-5-13)24-12-18(22)23/h2-7,10H,8-9,11-12H2,1H3,(H,22,23). The van der Waals surface area contributed by atoms with Gasteiger partial charge in [-0.25, -0.2) is 4.79 Å². The molecule has 0 bridgehead atoms. The third-order valence-electron chi connectivity index (χ3n) is 3.49. The van der Waals surface area contributed by atoms with Crippen molar-refractivity contribution in [2.45, 2.75) is 19.4 Å². The summed E-state index contributed by atoms with van der Waals surface area (Å²) in [6, 6.07) is 10.5. The van der Waals surface area contributed by atoms with Gasteiger partial charge in [0.1, 0.15) is 5.75 Å². The van der Waals surface area contributed by atoms with Gasteiger partial charge in [0.25, 0.3) is 0 Å². The zero-order valence-corrected chi connectivity index (χ0v) is 14.6. The number of hydrogen-bond acceptors (Lipinski definition) is 5. The molecule has 25 heavy (non-hydrogen) atoms. The summed E-state index contributed by atoms with van der Waals surface area (Å²) in [6.07, 6.45) is 0.374. The number of ether oxygens (including phenoxy) is 1. The number of nitrogens with zero attached hydrogens (tertiary/aromatic N) is 1. The number of amides is 1. The van der Waals surface area contributed by atoms with Gasteiger partial charge in [0.05, 0.1) is 4.88 Å². The Labute approximate surface area is 149 Å². The van der Waals surface area contributed by atoms with E-state index < -0.39 is 12.6 Å². The number of ketones is 1. The van der Waals surface area contributed by atoms with Crippen LogP contribution in [0.2, 0.25) is 0 Å². The Bertz CT molecular complexity index is 724. The van der Waals surface area contributed by atoms with Crippen molar-refractivity contribution in [3.8, 4) is 5.75 Å². The van der Waals surface area contributed by atoms with E-state index in [1.54, 1.807) is 42.3 Å². The van der Waals surface area contributed by atoms with Gasteiger partial charge in [-0.1, -0.05) is 18.2 Å². The predicted molar refractivity (Wildman–Crippen MR) is 93.9 cm³/mol. The topological polar surface area (TPSA) is 83.9 Å². The first-order valence-electron chi connectivity index (χ1n) is 7.70. The van der Waals surface area contributed by atoms with Crippen LogP contribution in [0.3, 0.4) is 0 Å². The number of hydrogen-bond donors (Lipinski definition) is 1. The fourth-order valence-electron chi connectivity index (χ4n) is 2.17. The Hall–Kier alpha value is -2.67. The smallest absolute Gasteiger partial charge is 0.341 e. The van der Waals surface area contributed by atoms with E-state index in [4.69, 9.17) is 9.84 Å². The lowest BCUT2D eigenvalue weighted by Crippen LogP contribution is -2.26. The fraction of sp³-hybridized carbons (Fsp3) is 0.278. The van der Waals surface area contributed by atoms with Gasteiger partial charge in [-0.05, 0) is 29.1 Å². The summed E-state index contributed by atoms with van der Waals surface area (Å²) in [5, 5.41) is 10.4. The van der Waals surface area contributed by atoms with E-state index in [2.05, 4.69) is 0 Å². The molecule has 1 amide bonds. The summed E-state index contributed by atoms with van der Waals surface area (Å²) < 4.78 is 5.06. The van der Waals surface area contributed by atoms with Gasteiger partial charge in [-0.15, -0.1) is 11.3 Å². The summed E-state index contributed by atoms with van der Waals surface area (Å²) in [5.74, 6) is -0.694. The Morgan fingerprint density at radius 2 is 1.84 bits per heavy atom. The van der Waals surface area contributed by atoms with Gasteiger partial charge in [0, 0.05) is 26.4 Å². The molecule has 132 valence electrons. The average Bonchev–Trinajstić information content (AvgIpc) is 3.13. The molecule has 0 saturated heterocycles. The van der Waals surface area contributed by atoms with Crippen LogP contribution in [0.25, 0.3) is 0 Å². The van der Waals surface area contributed by atoms with Crippen molar-refractivity contribution in [1.29, 1.82) is 0 Å². The lowest BCUT2D eigenvalue weighted by molar-refractivity contribution is -0.139. The van der Waals surface area contributed by atoms with Crippen LogP contribution in [0, 0.1) is 0 Å². The molecule has 1 aromatic heterocycles. The molecule has 2 aromatic rings. The van der Waals surface area contributed by atoms with Crippen molar-refractivity contribution in [3.05, 3.63) is 52.2 Å². The summed E-state index contributed by atoms with van der Waals surface area (Å²) in [7, 11) is 1.69. The fourth-order valence-corrected chi connectivity index (χ4v) is 2.86. The molecule has 6 nitrogen and oxygen atoms in total. The molecule has 1 aromatic carbocycles. The van der Waals surface area contributed by atoms with Crippen molar-refractivity contribution in [2.24, 2.45) is 0 Å². The van der Waals surface area contributed by atoms with E-state index >= 15 is 0 Å². The third-order valence-corrected chi connectivity index (χ3v) is 4.40. The van der Waals surface area contributed by atoms with E-state index in [-0.39, 0.29) is 24.5 Å². The summed E-state index contributed by atoms with van der Waals surface area (Å²) in [5.41, 5.74) is 0.892. The summed E-state index contributed by atoms with van der Waals surface area (Å²) in [4.78, 5) is 36.8. The number of carboxylic acids is 1. The second kappa shape index (κ2) is 8.98. The van der Waals surface area contributed by atoms with Crippen molar-refractivity contribution >= 4 is 29.0 Å². The van der Waals surface area contributed by atoms with Crippen molar-refractivity contribution in [1.82, 2.24) is 4.90 Å². The van der Waals surface area contributed by atoms with Crippen LogP contribution in [0.1, 0.15) is 28.1 Å². The molecule has 1 N–H and O–H groups in total. The molecule has 0 aliphatic carbocycles. The van der Waals surface area contributed by atoms with Gasteiger partial charge < -0.3 is 14.7 Å². The highest BCUT2D eigenvalue weighted by Gasteiger charge is 2.13. The van der Waals surface area contributed by atoms with E-state index in [0.29, 0.717) is 17.2 Å². The van der Waals surface area contributed by atoms with Crippen LogP contribution in [-0.2, 0) is 16.1 Å². The Kier molecular flexibility index (Phi) is 6.71. The van der Waals surface area contributed by atoms with Crippen LogP contribution >= 0.6 is 11.3 Å². The molecule has 0 aliphatic rings. The first-order chi connectivity index (χ1) is 12.0. The number of carbonyl (C=O) groups excluding carboxylic acids is 2. The first kappa shape index (κ1) is 18.7. The van der Waals surface area contributed by atoms with Crippen LogP contribution in [0.4, 0.5) is 0 Å². The second-order valence-electron chi connectivity index (χ2n) is 5.48. The number of benzene rings is 1. The van der Waals surface area contributed by atoms with Crippen molar-refractivity contribution < 1.29 is 24.2 Å². The number of carbonyl (C=O) groups is 3. The van der Waals surface area contributed by atoms with Gasteiger partial charge in [0.2, 0.25) is 5.91 Å². The predicted octanol–water partition coefficient (Wildman–Crippen LogP) is 2.83. The van der Waals surface area contributed by atoms with Crippen LogP contribution in [-0.4, -0.2) is 41.3 Å². The molecule has 7 heteroatoms. The minimum absolute atomic E-state index is 0.0170. The first-order valence-corrected chi connectivity index (χ1v) is 8.58. The number of aliphatic carboxylic acids is 1. The lowest BCUT2D eigenvalue weighted by atomic mass is 10.1. The highest BCUT2D eigenvalue weighted by Crippen LogP contribution is 2.15. The molecule has 0 fully saturated rings. The molecular formula is C18H19NO5S. The van der Waals surface area contributed by atoms with Crippen molar-refractivity contribution in [3.63, 3.8) is 0 Å². The van der Waals surface area contributed by atoms with E-state index in [0.717, 1.165) is 5.56 Å². The molecule has 0 unspecified atom stereocenters. The SMILES string of the molecule is CN(Cc1ccc(OCC(=O)O)cc1)C(=O)CCC(=O)c1cccs1. The quantitative estimate of drug-likeness (QED) is 0.694. The van der Waals surface area contributed by atoms with Crippen LogP contribution in [0.15, 0.2) is 41.8 Å². The summed E-state index contributed by atoms with van der Waals surface area (Å²) >= 11 is 1.38. The normalized spacial score (nSPS) is 10.3. The molecule has 2 rings (SSSR count). The van der Waals surface area contributed by atoms with Gasteiger partial charge >= 0.3 is 5.97 Å². The molecule has 0 atom stereocenters. The molecule has 0 spiro atoms. The Morgan fingerprint density at radius 3 is 2.44 bits per heavy atom. The molecule has 0 saturated carbocycles. The summed E-state index contributed by atoms with van der Waals surface area (Å²) in [6.45, 7) is 0.0151. The Balaban J connectivity index is 1.80. The van der Waals surface area contributed by atoms with Crippen LogP contribution in [0.5, 0.6) is 5.75 Å². The number of carboxylic acid groups (broad SMARTS) is 1. The maximum atomic E-state index is 12.2. The zero-order chi connectivity index (χ0) is 18.2.